The molecule has 0 atom stereocenters. The third-order valence-electron chi connectivity index (χ3n) is 1.11. The number of hydrogen-bond acceptors (Lipinski definition) is 3. The van der Waals surface area contributed by atoms with Crippen molar-refractivity contribution in [1.82, 2.24) is 0 Å². The first-order valence-corrected chi connectivity index (χ1v) is 2.69. The van der Waals surface area contributed by atoms with Crippen molar-refractivity contribution in [2.24, 2.45) is 5.84 Å². The molecule has 0 radical (unpaired) electrons. The molecule has 0 aliphatic carbocycles. The molecule has 0 aliphatic rings. The van der Waals surface area contributed by atoms with Crippen molar-refractivity contribution in [3.8, 4) is 5.75 Å². The van der Waals surface area contributed by atoms with E-state index in [9.17, 15) is 4.39 Å². The molecule has 0 unspecified atom stereocenters. The van der Waals surface area contributed by atoms with Gasteiger partial charge in [-0.3, -0.25) is 5.84 Å². The first-order chi connectivity index (χ1) is 4.74. The van der Waals surface area contributed by atoms with Crippen molar-refractivity contribution < 1.29 is 9.50 Å². The minimum atomic E-state index is -0.486. The maximum absolute atomic E-state index is 12.5. The van der Waals surface area contributed by atoms with Crippen molar-refractivity contribution in [1.29, 1.82) is 0 Å². The summed E-state index contributed by atoms with van der Waals surface area (Å²) in [6, 6.07) is 3.58. The van der Waals surface area contributed by atoms with E-state index in [1.54, 1.807) is 0 Å². The Labute approximate surface area is 57.3 Å². The van der Waals surface area contributed by atoms with Crippen LogP contribution in [0.1, 0.15) is 0 Å². The summed E-state index contributed by atoms with van der Waals surface area (Å²) in [5.41, 5.74) is 2.18. The average Bonchev–Trinajstić information content (AvgIpc) is 1.94. The summed E-state index contributed by atoms with van der Waals surface area (Å²) in [6.07, 6.45) is 0. The van der Waals surface area contributed by atoms with Crippen LogP contribution >= 0.6 is 0 Å². The molecule has 0 spiro atoms. The molecular formula is C6H7FN2O. The van der Waals surface area contributed by atoms with Crippen molar-refractivity contribution in [3.05, 3.63) is 24.0 Å². The van der Waals surface area contributed by atoms with Crippen LogP contribution < -0.4 is 11.3 Å². The van der Waals surface area contributed by atoms with Crippen molar-refractivity contribution in [2.45, 2.75) is 0 Å². The molecule has 1 aromatic carbocycles. The molecule has 0 aliphatic heterocycles. The van der Waals surface area contributed by atoms with Gasteiger partial charge in [0.15, 0.2) is 0 Å². The van der Waals surface area contributed by atoms with Crippen molar-refractivity contribution >= 4 is 5.69 Å². The Morgan fingerprint density at radius 2 is 2.20 bits per heavy atom. The zero-order valence-corrected chi connectivity index (χ0v) is 5.13. The average molecular weight is 142 g/mol. The Bertz CT molecular complexity index is 239. The van der Waals surface area contributed by atoms with E-state index in [1.165, 1.54) is 12.1 Å². The van der Waals surface area contributed by atoms with E-state index in [4.69, 9.17) is 10.9 Å². The van der Waals surface area contributed by atoms with Crippen molar-refractivity contribution in [3.63, 3.8) is 0 Å². The fourth-order valence-corrected chi connectivity index (χ4v) is 0.624. The Morgan fingerprint density at radius 3 is 2.70 bits per heavy atom. The van der Waals surface area contributed by atoms with E-state index in [1.807, 2.05) is 0 Å². The summed E-state index contributed by atoms with van der Waals surface area (Å²) in [4.78, 5) is 0. The largest absolute Gasteiger partial charge is 0.508 e. The molecule has 0 saturated heterocycles. The molecule has 0 bridgehead atoms. The van der Waals surface area contributed by atoms with Crippen molar-refractivity contribution in [2.75, 3.05) is 5.43 Å². The molecule has 0 aromatic heterocycles. The van der Waals surface area contributed by atoms with Gasteiger partial charge in [0.25, 0.3) is 0 Å². The van der Waals surface area contributed by atoms with E-state index in [-0.39, 0.29) is 11.4 Å². The van der Waals surface area contributed by atoms with Gasteiger partial charge in [-0.2, -0.15) is 0 Å². The van der Waals surface area contributed by atoms with Gasteiger partial charge < -0.3 is 10.5 Å². The summed E-state index contributed by atoms with van der Waals surface area (Å²) in [5.74, 6) is 4.41. The summed E-state index contributed by atoms with van der Waals surface area (Å²) in [6.45, 7) is 0. The summed E-state index contributed by atoms with van der Waals surface area (Å²) in [7, 11) is 0. The van der Waals surface area contributed by atoms with Gasteiger partial charge in [-0.05, 0) is 12.1 Å². The fraction of sp³-hybridized carbons (Fsp3) is 0. The maximum atomic E-state index is 12.5. The number of benzene rings is 1. The molecule has 1 aromatic rings. The molecule has 1 rings (SSSR count). The molecule has 0 heterocycles. The molecule has 0 amide bonds. The van der Waals surface area contributed by atoms with Crippen LogP contribution in [0.2, 0.25) is 0 Å². The van der Waals surface area contributed by atoms with Gasteiger partial charge in [0, 0.05) is 6.07 Å². The lowest BCUT2D eigenvalue weighted by Gasteiger charge is -2.00. The predicted octanol–water partition coefficient (Wildman–Crippen LogP) is 0.817. The van der Waals surface area contributed by atoms with Crippen LogP contribution in [0.4, 0.5) is 10.1 Å². The zero-order valence-electron chi connectivity index (χ0n) is 5.13. The Hall–Kier alpha value is -1.29. The van der Waals surface area contributed by atoms with Gasteiger partial charge in [0.05, 0.1) is 5.69 Å². The molecule has 4 N–H and O–H groups in total. The summed E-state index contributed by atoms with van der Waals surface area (Å²) in [5, 5.41) is 8.81. The molecule has 54 valence electrons. The molecule has 0 saturated carbocycles. The third kappa shape index (κ3) is 1.16. The van der Waals surface area contributed by atoms with Gasteiger partial charge in [-0.1, -0.05) is 0 Å². The molecular weight excluding hydrogens is 135 g/mol. The highest BCUT2D eigenvalue weighted by atomic mass is 19.1. The zero-order chi connectivity index (χ0) is 7.56. The molecule has 4 heteroatoms. The Kier molecular flexibility index (Phi) is 1.73. The lowest BCUT2D eigenvalue weighted by atomic mass is 10.3. The van der Waals surface area contributed by atoms with Gasteiger partial charge in [-0.25, -0.2) is 4.39 Å². The second-order valence-electron chi connectivity index (χ2n) is 1.81. The number of nitrogen functional groups attached to an aromatic ring is 1. The SMILES string of the molecule is NNc1cc(O)ccc1F. The molecule has 0 fully saturated rings. The number of nitrogens with two attached hydrogens (primary N) is 1. The van der Waals surface area contributed by atoms with Gasteiger partial charge in [-0.15, -0.1) is 0 Å². The standard InChI is InChI=1S/C6H7FN2O/c7-5-2-1-4(10)3-6(5)9-8/h1-3,9-10H,8H2. The number of hydrazine groups is 1. The monoisotopic (exact) mass is 142 g/mol. The third-order valence-corrected chi connectivity index (χ3v) is 1.11. The summed E-state index contributed by atoms with van der Waals surface area (Å²) < 4.78 is 12.5. The number of aromatic hydroxyl groups is 1. The lowest BCUT2D eigenvalue weighted by molar-refractivity contribution is 0.473. The van der Waals surface area contributed by atoms with Crippen LogP contribution in [0.5, 0.6) is 5.75 Å². The number of hydrogen-bond donors (Lipinski definition) is 3. The number of phenolic OH excluding ortho intramolecular Hbond substituents is 1. The smallest absolute Gasteiger partial charge is 0.147 e. The van der Waals surface area contributed by atoms with Crippen LogP contribution in [0.25, 0.3) is 0 Å². The van der Waals surface area contributed by atoms with Gasteiger partial charge >= 0.3 is 0 Å². The van der Waals surface area contributed by atoms with Crippen LogP contribution in [0, 0.1) is 5.82 Å². The van der Waals surface area contributed by atoms with E-state index in [2.05, 4.69) is 5.43 Å². The van der Waals surface area contributed by atoms with Crippen LogP contribution in [0.3, 0.4) is 0 Å². The number of nitrogens with one attached hydrogen (secondary N) is 1. The predicted molar refractivity (Wildman–Crippen MR) is 35.9 cm³/mol. The van der Waals surface area contributed by atoms with Crippen LogP contribution in [0.15, 0.2) is 18.2 Å². The van der Waals surface area contributed by atoms with E-state index in [0.717, 1.165) is 6.07 Å². The number of rotatable bonds is 1. The van der Waals surface area contributed by atoms with E-state index in [0.29, 0.717) is 0 Å². The lowest BCUT2D eigenvalue weighted by Crippen LogP contribution is -2.08. The highest BCUT2D eigenvalue weighted by molar-refractivity contribution is 5.47. The summed E-state index contributed by atoms with van der Waals surface area (Å²) >= 11 is 0. The second-order valence-corrected chi connectivity index (χ2v) is 1.81. The number of halogens is 1. The number of phenols is 1. The Morgan fingerprint density at radius 1 is 1.50 bits per heavy atom. The van der Waals surface area contributed by atoms with Gasteiger partial charge in [0.1, 0.15) is 11.6 Å². The molecule has 3 nitrogen and oxygen atoms in total. The maximum Gasteiger partial charge on any atom is 0.147 e. The highest BCUT2D eigenvalue weighted by Crippen LogP contribution is 2.18. The minimum Gasteiger partial charge on any atom is -0.508 e. The van der Waals surface area contributed by atoms with Gasteiger partial charge in [0.2, 0.25) is 0 Å². The normalized spacial score (nSPS) is 9.40. The van der Waals surface area contributed by atoms with E-state index < -0.39 is 5.82 Å². The highest BCUT2D eigenvalue weighted by Gasteiger charge is 1.98. The number of anilines is 1. The van der Waals surface area contributed by atoms with Crippen LogP contribution in [-0.2, 0) is 0 Å². The minimum absolute atomic E-state index is 0.0191. The first-order valence-electron chi connectivity index (χ1n) is 2.69. The first kappa shape index (κ1) is 6.82. The van der Waals surface area contributed by atoms with E-state index >= 15 is 0 Å². The molecule has 10 heavy (non-hydrogen) atoms. The Balaban J connectivity index is 3.09. The quantitative estimate of drug-likeness (QED) is 0.402. The second kappa shape index (κ2) is 2.53. The van der Waals surface area contributed by atoms with Crippen LogP contribution in [-0.4, -0.2) is 5.11 Å². The fourth-order valence-electron chi connectivity index (χ4n) is 0.624. The topological polar surface area (TPSA) is 58.3 Å².